The van der Waals surface area contributed by atoms with E-state index in [9.17, 15) is 9.18 Å². The molecule has 0 radical (unpaired) electrons. The number of esters is 1. The van der Waals surface area contributed by atoms with Crippen molar-refractivity contribution in [2.24, 2.45) is 5.92 Å². The molecule has 0 atom stereocenters. The monoisotopic (exact) mass is 552 g/mol. The van der Waals surface area contributed by atoms with Gasteiger partial charge in [-0.05, 0) is 79.8 Å². The van der Waals surface area contributed by atoms with E-state index in [1.165, 1.54) is 12.1 Å². The van der Waals surface area contributed by atoms with E-state index in [0.717, 1.165) is 18.9 Å². The zero-order valence-electron chi connectivity index (χ0n) is 22.8. The Morgan fingerprint density at radius 1 is 0.900 bits per heavy atom. The van der Waals surface area contributed by atoms with Gasteiger partial charge in [-0.1, -0.05) is 43.7 Å². The van der Waals surface area contributed by atoms with E-state index in [1.807, 2.05) is 0 Å². The van der Waals surface area contributed by atoms with Gasteiger partial charge in [-0.15, -0.1) is 6.58 Å². The van der Waals surface area contributed by atoms with Crippen LogP contribution in [0.5, 0.6) is 17.2 Å². The minimum absolute atomic E-state index is 0.0795. The smallest absolute Gasteiger partial charge is 0.314 e. The van der Waals surface area contributed by atoms with Gasteiger partial charge in [0.05, 0.1) is 19.1 Å². The lowest BCUT2D eigenvalue weighted by atomic mass is 9.78. The maximum absolute atomic E-state index is 15.2. The molecule has 3 aromatic rings. The van der Waals surface area contributed by atoms with Crippen molar-refractivity contribution in [2.45, 2.75) is 57.8 Å². The number of halogens is 3. The molecule has 0 N–H and O–H groups in total. The topological polar surface area (TPSA) is 44.8 Å². The van der Waals surface area contributed by atoms with Crippen molar-refractivity contribution in [2.75, 3.05) is 13.2 Å². The molecule has 1 aliphatic rings. The third-order valence-corrected chi connectivity index (χ3v) is 7.25. The molecular weight excluding hydrogens is 517 g/mol. The minimum atomic E-state index is -0.877. The molecule has 0 aliphatic heterocycles. The Labute approximate surface area is 233 Å². The van der Waals surface area contributed by atoms with Gasteiger partial charge < -0.3 is 14.2 Å². The highest BCUT2D eigenvalue weighted by molar-refractivity contribution is 5.75. The summed E-state index contributed by atoms with van der Waals surface area (Å²) < 4.78 is 61.0. The van der Waals surface area contributed by atoms with Crippen LogP contribution < -0.4 is 14.2 Å². The van der Waals surface area contributed by atoms with Gasteiger partial charge in [0.1, 0.15) is 11.5 Å². The molecule has 4 rings (SSSR count). The summed E-state index contributed by atoms with van der Waals surface area (Å²) in [6, 6.07) is 14.3. The summed E-state index contributed by atoms with van der Waals surface area (Å²) in [5, 5.41) is 0. The van der Waals surface area contributed by atoms with E-state index in [0.29, 0.717) is 62.2 Å². The van der Waals surface area contributed by atoms with Crippen LogP contribution >= 0.6 is 0 Å². The number of hydrogen-bond donors (Lipinski definition) is 0. The number of rotatable bonds is 12. The fourth-order valence-electron chi connectivity index (χ4n) is 4.92. The quantitative estimate of drug-likeness (QED) is 0.0975. The second-order valence-corrected chi connectivity index (χ2v) is 10.0. The highest BCUT2D eigenvalue weighted by atomic mass is 19.2. The molecule has 40 heavy (non-hydrogen) atoms. The molecule has 0 unspecified atom stereocenters. The highest BCUT2D eigenvalue weighted by Crippen LogP contribution is 2.39. The maximum Gasteiger partial charge on any atom is 0.314 e. The van der Waals surface area contributed by atoms with Crippen molar-refractivity contribution in [3.05, 3.63) is 90.3 Å². The van der Waals surface area contributed by atoms with Crippen LogP contribution in [0.25, 0.3) is 11.1 Å². The summed E-state index contributed by atoms with van der Waals surface area (Å²) in [5.74, 6) is -2.52. The number of hydrogen-bond acceptors (Lipinski definition) is 4. The SMILES string of the molecule is C=CCCOc1ccc(OC(=O)C2CCC(c3ccc(-c4ccc(OCCCC)cc4)c(F)c3F)CC2)cc1F. The molecular formula is C33H35F3O4. The van der Waals surface area contributed by atoms with Crippen molar-refractivity contribution in [3.63, 3.8) is 0 Å². The molecule has 7 heteroatoms. The summed E-state index contributed by atoms with van der Waals surface area (Å²) in [6.45, 7) is 6.60. The van der Waals surface area contributed by atoms with Gasteiger partial charge in [0, 0.05) is 11.6 Å². The molecule has 0 bridgehead atoms. The van der Waals surface area contributed by atoms with E-state index in [4.69, 9.17) is 14.2 Å². The van der Waals surface area contributed by atoms with Crippen LogP contribution in [0.4, 0.5) is 13.2 Å². The Hall–Kier alpha value is -3.74. The van der Waals surface area contributed by atoms with Gasteiger partial charge >= 0.3 is 5.97 Å². The highest BCUT2D eigenvalue weighted by Gasteiger charge is 2.31. The molecule has 0 aromatic heterocycles. The summed E-state index contributed by atoms with van der Waals surface area (Å²) >= 11 is 0. The number of benzene rings is 3. The first-order valence-corrected chi connectivity index (χ1v) is 13.9. The maximum atomic E-state index is 15.2. The van der Waals surface area contributed by atoms with E-state index in [2.05, 4.69) is 13.5 Å². The predicted molar refractivity (Wildman–Crippen MR) is 149 cm³/mol. The van der Waals surface area contributed by atoms with E-state index < -0.39 is 29.3 Å². The van der Waals surface area contributed by atoms with Crippen LogP contribution in [-0.2, 0) is 4.79 Å². The third-order valence-electron chi connectivity index (χ3n) is 7.25. The van der Waals surface area contributed by atoms with Crippen molar-refractivity contribution < 1.29 is 32.2 Å². The summed E-state index contributed by atoms with van der Waals surface area (Å²) in [4.78, 5) is 12.7. The lowest BCUT2D eigenvalue weighted by Crippen LogP contribution is -2.25. The normalized spacial score (nSPS) is 16.8. The number of carbonyl (C=O) groups excluding carboxylic acids is 1. The molecule has 1 aliphatic carbocycles. The average Bonchev–Trinajstić information content (AvgIpc) is 2.96. The molecule has 1 fully saturated rings. The first kappa shape index (κ1) is 29.2. The van der Waals surface area contributed by atoms with Crippen LogP contribution in [0.1, 0.15) is 63.4 Å². The Morgan fingerprint density at radius 2 is 1.62 bits per heavy atom. The second kappa shape index (κ2) is 14.1. The van der Waals surface area contributed by atoms with Crippen molar-refractivity contribution in [1.82, 2.24) is 0 Å². The standard InChI is InChI=1S/C33H35F3O4/c1-3-5-19-38-25-13-11-23(12-14-25)28-17-16-27(31(35)32(28)36)22-7-9-24(10-8-22)33(37)40-26-15-18-30(29(34)21-26)39-20-6-4-2/h4,11-18,21-22,24H,2-3,5-10,19-20H2,1H3. The van der Waals surface area contributed by atoms with Crippen LogP contribution in [0.3, 0.4) is 0 Å². The molecule has 0 heterocycles. The largest absolute Gasteiger partial charge is 0.494 e. The minimum Gasteiger partial charge on any atom is -0.494 e. The number of ether oxygens (including phenoxy) is 3. The van der Waals surface area contributed by atoms with Gasteiger partial charge in [-0.2, -0.15) is 0 Å². The Bertz CT molecular complexity index is 1300. The van der Waals surface area contributed by atoms with Crippen LogP contribution in [0, 0.1) is 23.4 Å². The molecule has 212 valence electrons. The lowest BCUT2D eigenvalue weighted by molar-refractivity contribution is -0.140. The zero-order chi connectivity index (χ0) is 28.5. The Morgan fingerprint density at radius 3 is 2.30 bits per heavy atom. The lowest BCUT2D eigenvalue weighted by Gasteiger charge is -2.28. The molecule has 0 saturated heterocycles. The number of carbonyl (C=O) groups is 1. The van der Waals surface area contributed by atoms with Gasteiger partial charge in [-0.3, -0.25) is 4.79 Å². The Balaban J connectivity index is 1.34. The van der Waals surface area contributed by atoms with E-state index >= 15 is 8.78 Å². The average molecular weight is 553 g/mol. The zero-order valence-corrected chi connectivity index (χ0v) is 22.8. The van der Waals surface area contributed by atoms with Crippen LogP contribution in [0.2, 0.25) is 0 Å². The summed E-state index contributed by atoms with van der Waals surface area (Å²) in [6.07, 6.45) is 6.22. The van der Waals surface area contributed by atoms with E-state index in [-0.39, 0.29) is 23.0 Å². The van der Waals surface area contributed by atoms with Gasteiger partial charge in [0.15, 0.2) is 23.2 Å². The Kier molecular flexibility index (Phi) is 10.3. The van der Waals surface area contributed by atoms with Crippen molar-refractivity contribution in [1.29, 1.82) is 0 Å². The summed E-state index contributed by atoms with van der Waals surface area (Å²) in [7, 11) is 0. The third kappa shape index (κ3) is 7.26. The first-order valence-electron chi connectivity index (χ1n) is 13.9. The summed E-state index contributed by atoms with van der Waals surface area (Å²) in [5.41, 5.74) is 1.09. The molecule has 0 amide bonds. The van der Waals surface area contributed by atoms with Crippen LogP contribution in [-0.4, -0.2) is 19.2 Å². The molecule has 3 aromatic carbocycles. The van der Waals surface area contributed by atoms with Gasteiger partial charge in [0.25, 0.3) is 0 Å². The van der Waals surface area contributed by atoms with Crippen molar-refractivity contribution >= 4 is 5.97 Å². The van der Waals surface area contributed by atoms with E-state index in [1.54, 1.807) is 42.5 Å². The predicted octanol–water partition coefficient (Wildman–Crippen LogP) is 8.78. The van der Waals surface area contributed by atoms with Gasteiger partial charge in [0.2, 0.25) is 0 Å². The van der Waals surface area contributed by atoms with Crippen molar-refractivity contribution in [3.8, 4) is 28.4 Å². The first-order chi connectivity index (χ1) is 19.4. The molecule has 4 nitrogen and oxygen atoms in total. The molecule has 1 saturated carbocycles. The fourth-order valence-corrected chi connectivity index (χ4v) is 4.92. The molecule has 0 spiro atoms. The second-order valence-electron chi connectivity index (χ2n) is 10.0. The van der Waals surface area contributed by atoms with Gasteiger partial charge in [-0.25, -0.2) is 13.2 Å². The van der Waals surface area contributed by atoms with Crippen LogP contribution in [0.15, 0.2) is 67.3 Å². The fraction of sp³-hybridized carbons (Fsp3) is 0.364. The number of unbranched alkanes of at least 4 members (excludes halogenated alkanes) is 1.